The molecule has 5 rings (SSSR count). The summed E-state index contributed by atoms with van der Waals surface area (Å²) in [5.41, 5.74) is 8.94. The van der Waals surface area contributed by atoms with Crippen LogP contribution in [-0.4, -0.2) is 55.7 Å². The van der Waals surface area contributed by atoms with Crippen LogP contribution >= 0.6 is 11.6 Å². The van der Waals surface area contributed by atoms with Crippen LogP contribution in [0.15, 0.2) is 48.9 Å². The number of fused-ring (bicyclic) bond motifs is 2. The summed E-state index contributed by atoms with van der Waals surface area (Å²) in [5, 5.41) is 2.26. The van der Waals surface area contributed by atoms with Gasteiger partial charge in [-0.15, -0.1) is 0 Å². The number of halogens is 1. The first-order valence-electron chi connectivity index (χ1n) is 10.8. The molecule has 0 unspecified atom stereocenters. The van der Waals surface area contributed by atoms with E-state index in [9.17, 15) is 9.59 Å². The molecule has 3 N–H and O–H groups in total. The number of hydrogen-bond donors (Lipinski definition) is 2. The number of nitrogen functional groups attached to an aromatic ring is 1. The third-order valence-electron chi connectivity index (χ3n) is 6.21. The lowest BCUT2D eigenvalue weighted by atomic mass is 10.0. The number of nitrogens with one attached hydrogen (secondary N) is 1. The number of benzene rings is 2. The van der Waals surface area contributed by atoms with E-state index in [1.807, 2.05) is 31.2 Å². The molecule has 0 bridgehead atoms. The first kappa shape index (κ1) is 21.2. The van der Waals surface area contributed by atoms with Gasteiger partial charge >= 0.3 is 0 Å². The molecular weight excluding hydrogens is 440 g/mol. The quantitative estimate of drug-likeness (QED) is 0.481. The number of hydrogen-bond acceptors (Lipinski definition) is 5. The molecule has 1 fully saturated rings. The number of rotatable bonds is 4. The van der Waals surface area contributed by atoms with Gasteiger partial charge in [0.1, 0.15) is 18.2 Å². The van der Waals surface area contributed by atoms with Crippen LogP contribution < -0.4 is 5.73 Å². The van der Waals surface area contributed by atoms with Crippen molar-refractivity contribution in [2.24, 2.45) is 0 Å². The zero-order chi connectivity index (χ0) is 23.1. The molecule has 0 aliphatic carbocycles. The summed E-state index contributed by atoms with van der Waals surface area (Å²) in [6.07, 6.45) is 3.67. The first-order valence-corrected chi connectivity index (χ1v) is 11.2. The van der Waals surface area contributed by atoms with E-state index in [0.29, 0.717) is 42.5 Å². The van der Waals surface area contributed by atoms with Gasteiger partial charge in [-0.05, 0) is 36.2 Å². The summed E-state index contributed by atoms with van der Waals surface area (Å²) < 4.78 is 0. The second-order valence-electron chi connectivity index (χ2n) is 8.19. The van der Waals surface area contributed by atoms with Crippen LogP contribution in [0.25, 0.3) is 21.8 Å². The molecule has 1 saturated heterocycles. The van der Waals surface area contributed by atoms with E-state index in [-0.39, 0.29) is 11.8 Å². The molecule has 2 amide bonds. The van der Waals surface area contributed by atoms with Crippen molar-refractivity contribution in [3.63, 3.8) is 0 Å². The summed E-state index contributed by atoms with van der Waals surface area (Å²) >= 11 is 6.15. The highest BCUT2D eigenvalue weighted by Crippen LogP contribution is 2.26. The number of aromatic nitrogens is 3. The van der Waals surface area contributed by atoms with Crippen molar-refractivity contribution in [3.05, 3.63) is 65.1 Å². The van der Waals surface area contributed by atoms with Crippen molar-refractivity contribution in [2.45, 2.75) is 25.9 Å². The topological polar surface area (TPSA) is 108 Å². The molecule has 2 aromatic carbocycles. The van der Waals surface area contributed by atoms with Gasteiger partial charge < -0.3 is 20.5 Å². The number of piperazine rings is 1. The molecule has 33 heavy (non-hydrogen) atoms. The fourth-order valence-corrected chi connectivity index (χ4v) is 4.68. The zero-order valence-electron chi connectivity index (χ0n) is 18.1. The number of carbonyl (C=O) groups excluding carboxylic acids is 2. The Morgan fingerprint density at radius 3 is 2.82 bits per heavy atom. The summed E-state index contributed by atoms with van der Waals surface area (Å²) in [6, 6.07) is 10.6. The highest BCUT2D eigenvalue weighted by Gasteiger charge is 2.36. The maximum atomic E-state index is 13.3. The summed E-state index contributed by atoms with van der Waals surface area (Å²) in [4.78, 5) is 41.4. The van der Waals surface area contributed by atoms with Crippen LogP contribution in [-0.2, 0) is 11.3 Å². The van der Waals surface area contributed by atoms with E-state index >= 15 is 0 Å². The van der Waals surface area contributed by atoms with Crippen LogP contribution in [0, 0.1) is 0 Å². The molecule has 1 atom stereocenters. The van der Waals surface area contributed by atoms with Crippen molar-refractivity contribution in [1.29, 1.82) is 0 Å². The third kappa shape index (κ3) is 3.76. The molecule has 0 radical (unpaired) electrons. The molecule has 1 aliphatic rings. The van der Waals surface area contributed by atoms with Crippen LogP contribution in [0.4, 0.5) is 5.82 Å². The van der Waals surface area contributed by atoms with Crippen molar-refractivity contribution >= 4 is 51.0 Å². The molecule has 2 aromatic heterocycles. The Bertz CT molecular complexity index is 1380. The summed E-state index contributed by atoms with van der Waals surface area (Å²) in [7, 11) is 0. The number of nitrogens with zero attached hydrogens (tertiary/aromatic N) is 4. The van der Waals surface area contributed by atoms with Crippen LogP contribution in [0.2, 0.25) is 5.02 Å². The molecule has 9 heteroatoms. The van der Waals surface area contributed by atoms with Gasteiger partial charge in [-0.1, -0.05) is 30.7 Å². The van der Waals surface area contributed by atoms with Gasteiger partial charge in [-0.2, -0.15) is 0 Å². The molecule has 1 aliphatic heterocycles. The van der Waals surface area contributed by atoms with Gasteiger partial charge in [0.15, 0.2) is 0 Å². The Morgan fingerprint density at radius 2 is 2.00 bits per heavy atom. The molecule has 3 heterocycles. The lowest BCUT2D eigenvalue weighted by molar-refractivity contribution is -0.141. The van der Waals surface area contributed by atoms with E-state index in [1.165, 1.54) is 6.33 Å². The highest BCUT2D eigenvalue weighted by molar-refractivity contribution is 6.35. The molecule has 168 valence electrons. The summed E-state index contributed by atoms with van der Waals surface area (Å²) in [5.74, 6) is 0.226. The monoisotopic (exact) mass is 462 g/mol. The number of H-pyrrole nitrogens is 1. The molecule has 0 spiro atoms. The van der Waals surface area contributed by atoms with Crippen molar-refractivity contribution in [3.8, 4) is 0 Å². The fourth-order valence-electron chi connectivity index (χ4n) is 4.47. The Hall–Kier alpha value is -3.65. The van der Waals surface area contributed by atoms with Gasteiger partial charge in [0, 0.05) is 47.7 Å². The zero-order valence-corrected chi connectivity index (χ0v) is 18.8. The second kappa shape index (κ2) is 8.37. The maximum Gasteiger partial charge on any atom is 0.254 e. The van der Waals surface area contributed by atoms with Gasteiger partial charge in [0.05, 0.1) is 10.5 Å². The largest absolute Gasteiger partial charge is 0.383 e. The van der Waals surface area contributed by atoms with Gasteiger partial charge in [0.25, 0.3) is 5.91 Å². The number of aromatic amines is 1. The normalized spacial score (nSPS) is 16.7. The minimum atomic E-state index is -0.507. The second-order valence-corrected chi connectivity index (χ2v) is 8.60. The van der Waals surface area contributed by atoms with E-state index in [0.717, 1.165) is 27.4 Å². The lowest BCUT2D eigenvalue weighted by Crippen LogP contribution is -2.58. The average Bonchev–Trinajstić information content (AvgIpc) is 3.20. The predicted octanol–water partition coefficient (Wildman–Crippen LogP) is 3.61. The van der Waals surface area contributed by atoms with Crippen LogP contribution in [0.5, 0.6) is 0 Å². The fraction of sp³-hybridized carbons (Fsp3) is 0.250. The summed E-state index contributed by atoms with van der Waals surface area (Å²) in [6.45, 7) is 3.30. The predicted molar refractivity (Wildman–Crippen MR) is 128 cm³/mol. The van der Waals surface area contributed by atoms with Crippen molar-refractivity contribution in [2.75, 3.05) is 18.8 Å². The van der Waals surface area contributed by atoms with E-state index in [2.05, 4.69) is 15.0 Å². The average molecular weight is 463 g/mol. The SMILES string of the molecule is CC[C@H]1C(=O)N(Cc2ccc3c(N)ncnc3c2)CCN1C(=O)c1ccc2c(Cl)c[nH]c2c1. The first-order chi connectivity index (χ1) is 16.0. The minimum Gasteiger partial charge on any atom is -0.383 e. The number of nitrogens with two attached hydrogens (primary N) is 1. The van der Waals surface area contributed by atoms with Gasteiger partial charge in [0.2, 0.25) is 5.91 Å². The Labute approximate surface area is 195 Å². The molecular formula is C24H23ClN6O2. The van der Waals surface area contributed by atoms with E-state index in [4.69, 9.17) is 17.3 Å². The number of carbonyl (C=O) groups is 2. The molecule has 8 nitrogen and oxygen atoms in total. The van der Waals surface area contributed by atoms with Gasteiger partial charge in [-0.25, -0.2) is 9.97 Å². The van der Waals surface area contributed by atoms with Crippen molar-refractivity contribution < 1.29 is 9.59 Å². The number of amides is 2. The number of anilines is 1. The Balaban J connectivity index is 1.35. The third-order valence-corrected chi connectivity index (χ3v) is 6.53. The lowest BCUT2D eigenvalue weighted by Gasteiger charge is -2.40. The van der Waals surface area contributed by atoms with E-state index in [1.54, 1.807) is 28.1 Å². The van der Waals surface area contributed by atoms with Crippen molar-refractivity contribution in [1.82, 2.24) is 24.8 Å². The maximum absolute atomic E-state index is 13.3. The smallest absolute Gasteiger partial charge is 0.254 e. The van der Waals surface area contributed by atoms with Gasteiger partial charge in [-0.3, -0.25) is 9.59 Å². The van der Waals surface area contributed by atoms with Crippen LogP contribution in [0.3, 0.4) is 0 Å². The van der Waals surface area contributed by atoms with E-state index < -0.39 is 6.04 Å². The van der Waals surface area contributed by atoms with Crippen LogP contribution in [0.1, 0.15) is 29.3 Å². The standard InChI is InChI=1S/C24H23ClN6O2/c1-2-21-24(33)30(12-14-3-5-17-19(9-14)28-13-29-22(17)26)7-8-31(21)23(32)15-4-6-16-18(25)11-27-20(16)10-15/h3-6,9-11,13,21,27H,2,7-8,12H2,1H3,(H2,26,28,29)/t21-/m0/s1. The Morgan fingerprint density at radius 1 is 1.18 bits per heavy atom. The molecule has 0 saturated carbocycles. The minimum absolute atomic E-state index is 0.0524. The highest BCUT2D eigenvalue weighted by atomic mass is 35.5. The Kier molecular flexibility index (Phi) is 5.38. The molecule has 4 aromatic rings.